The molecule has 0 fully saturated rings. The summed E-state index contributed by atoms with van der Waals surface area (Å²) in [5, 5.41) is 2.66. The van der Waals surface area contributed by atoms with Gasteiger partial charge in [-0.2, -0.15) is 0 Å². The van der Waals surface area contributed by atoms with Crippen molar-refractivity contribution < 1.29 is 13.5 Å². The minimum atomic E-state index is -0.603. The Morgan fingerprint density at radius 2 is 2.00 bits per heavy atom. The van der Waals surface area contributed by atoms with Gasteiger partial charge in [-0.1, -0.05) is 0 Å². The van der Waals surface area contributed by atoms with Crippen LogP contribution in [0.5, 0.6) is 5.75 Å². The van der Waals surface area contributed by atoms with E-state index in [0.29, 0.717) is 13.1 Å². The van der Waals surface area contributed by atoms with E-state index in [4.69, 9.17) is 10.5 Å². The number of hydrogen-bond acceptors (Lipinski definition) is 3. The maximum atomic E-state index is 13.2. The van der Waals surface area contributed by atoms with Gasteiger partial charge in [-0.25, -0.2) is 8.78 Å². The van der Waals surface area contributed by atoms with Gasteiger partial charge in [-0.05, 0) is 12.1 Å². The molecule has 0 saturated heterocycles. The standard InChI is InChI=1S/C9H12F2N2O/c1-14-9-7(11)3-2-6(10)8(9)13-5-4-12/h2-3,13H,4-5,12H2,1H3. The Labute approximate surface area is 80.9 Å². The summed E-state index contributed by atoms with van der Waals surface area (Å²) < 4.78 is 31.0. The molecule has 14 heavy (non-hydrogen) atoms. The third-order valence-corrected chi connectivity index (χ3v) is 1.71. The van der Waals surface area contributed by atoms with E-state index in [-0.39, 0.29) is 11.4 Å². The summed E-state index contributed by atoms with van der Waals surface area (Å²) in [6.07, 6.45) is 0. The molecule has 0 unspecified atom stereocenters. The van der Waals surface area contributed by atoms with Gasteiger partial charge in [0.25, 0.3) is 0 Å². The number of methoxy groups -OCH3 is 1. The first-order valence-electron chi connectivity index (χ1n) is 4.16. The SMILES string of the molecule is COc1c(F)ccc(F)c1NCCN. The second kappa shape index (κ2) is 4.76. The molecule has 5 heteroatoms. The molecule has 1 aromatic rings. The highest BCUT2D eigenvalue weighted by atomic mass is 19.1. The molecule has 0 atom stereocenters. The van der Waals surface area contributed by atoms with Crippen LogP contribution in [-0.2, 0) is 0 Å². The Bertz CT molecular complexity index is 318. The normalized spacial score (nSPS) is 10.0. The van der Waals surface area contributed by atoms with Crippen LogP contribution >= 0.6 is 0 Å². The molecule has 78 valence electrons. The summed E-state index contributed by atoms with van der Waals surface area (Å²) in [4.78, 5) is 0. The smallest absolute Gasteiger partial charge is 0.180 e. The van der Waals surface area contributed by atoms with Crippen molar-refractivity contribution in [3.63, 3.8) is 0 Å². The second-order valence-corrected chi connectivity index (χ2v) is 2.65. The monoisotopic (exact) mass is 202 g/mol. The zero-order valence-corrected chi connectivity index (χ0v) is 7.81. The van der Waals surface area contributed by atoms with Gasteiger partial charge < -0.3 is 15.8 Å². The number of anilines is 1. The topological polar surface area (TPSA) is 47.3 Å². The predicted molar refractivity (Wildman–Crippen MR) is 50.5 cm³/mol. The maximum Gasteiger partial charge on any atom is 0.180 e. The molecule has 0 saturated carbocycles. The quantitative estimate of drug-likeness (QED) is 0.774. The minimum Gasteiger partial charge on any atom is -0.491 e. The van der Waals surface area contributed by atoms with Crippen LogP contribution in [-0.4, -0.2) is 20.2 Å². The van der Waals surface area contributed by atoms with E-state index in [0.717, 1.165) is 12.1 Å². The van der Waals surface area contributed by atoms with E-state index < -0.39 is 11.6 Å². The van der Waals surface area contributed by atoms with Gasteiger partial charge in [0.05, 0.1) is 7.11 Å². The summed E-state index contributed by atoms with van der Waals surface area (Å²) in [5.41, 5.74) is 5.25. The first-order valence-corrected chi connectivity index (χ1v) is 4.16. The van der Waals surface area contributed by atoms with Crippen molar-refractivity contribution in [2.24, 2.45) is 5.73 Å². The van der Waals surface area contributed by atoms with E-state index in [9.17, 15) is 8.78 Å². The lowest BCUT2D eigenvalue weighted by Crippen LogP contribution is -2.14. The highest BCUT2D eigenvalue weighted by Gasteiger charge is 2.13. The molecule has 0 aromatic heterocycles. The van der Waals surface area contributed by atoms with Crippen LogP contribution in [0.2, 0.25) is 0 Å². The van der Waals surface area contributed by atoms with Gasteiger partial charge in [0, 0.05) is 13.1 Å². The third-order valence-electron chi connectivity index (χ3n) is 1.71. The number of benzene rings is 1. The van der Waals surface area contributed by atoms with Crippen molar-refractivity contribution in [2.75, 3.05) is 25.5 Å². The molecule has 1 rings (SSSR count). The van der Waals surface area contributed by atoms with E-state index >= 15 is 0 Å². The van der Waals surface area contributed by atoms with Crippen molar-refractivity contribution >= 4 is 5.69 Å². The van der Waals surface area contributed by atoms with Gasteiger partial charge >= 0.3 is 0 Å². The molecule has 0 aliphatic heterocycles. The van der Waals surface area contributed by atoms with Gasteiger partial charge in [-0.3, -0.25) is 0 Å². The predicted octanol–water partition coefficient (Wildman–Crippen LogP) is 1.34. The molecule has 3 N–H and O–H groups in total. The molecule has 3 nitrogen and oxygen atoms in total. The molecule has 0 spiro atoms. The lowest BCUT2D eigenvalue weighted by atomic mass is 10.2. The van der Waals surface area contributed by atoms with E-state index in [1.807, 2.05) is 0 Å². The maximum absolute atomic E-state index is 13.2. The molecule has 0 radical (unpaired) electrons. The van der Waals surface area contributed by atoms with Crippen LogP contribution in [0.3, 0.4) is 0 Å². The Balaban J connectivity index is 3.03. The number of nitrogens with two attached hydrogens (primary N) is 1. The highest BCUT2D eigenvalue weighted by Crippen LogP contribution is 2.29. The fraction of sp³-hybridized carbons (Fsp3) is 0.333. The van der Waals surface area contributed by atoms with Crippen LogP contribution in [0, 0.1) is 11.6 Å². The van der Waals surface area contributed by atoms with Gasteiger partial charge in [0.2, 0.25) is 0 Å². The van der Waals surface area contributed by atoms with Crippen LogP contribution < -0.4 is 15.8 Å². The number of halogens is 2. The molecular weight excluding hydrogens is 190 g/mol. The lowest BCUT2D eigenvalue weighted by Gasteiger charge is -2.11. The van der Waals surface area contributed by atoms with Crippen LogP contribution in [0.4, 0.5) is 14.5 Å². The molecule has 1 aromatic carbocycles. The summed E-state index contributed by atoms with van der Waals surface area (Å²) in [6, 6.07) is 2.05. The number of ether oxygens (including phenoxy) is 1. The molecule has 0 heterocycles. The lowest BCUT2D eigenvalue weighted by molar-refractivity contribution is 0.385. The minimum absolute atomic E-state index is 0.0120. The van der Waals surface area contributed by atoms with Crippen LogP contribution in [0.25, 0.3) is 0 Å². The molecular formula is C9H12F2N2O. The zero-order chi connectivity index (χ0) is 10.6. The molecule has 0 bridgehead atoms. The summed E-state index contributed by atoms with van der Waals surface area (Å²) in [5.74, 6) is -1.29. The van der Waals surface area contributed by atoms with Crippen molar-refractivity contribution in [1.29, 1.82) is 0 Å². The average Bonchev–Trinajstić information content (AvgIpc) is 2.19. The summed E-state index contributed by atoms with van der Waals surface area (Å²) >= 11 is 0. The fourth-order valence-electron chi connectivity index (χ4n) is 1.09. The first-order chi connectivity index (χ1) is 6.70. The summed E-state index contributed by atoms with van der Waals surface area (Å²) in [6.45, 7) is 0.690. The number of rotatable bonds is 4. The van der Waals surface area contributed by atoms with E-state index in [1.54, 1.807) is 0 Å². The van der Waals surface area contributed by atoms with Crippen molar-refractivity contribution in [3.8, 4) is 5.75 Å². The number of hydrogen-bond donors (Lipinski definition) is 2. The van der Waals surface area contributed by atoms with E-state index in [2.05, 4.69) is 5.32 Å². The van der Waals surface area contributed by atoms with Crippen molar-refractivity contribution in [3.05, 3.63) is 23.8 Å². The fourth-order valence-corrected chi connectivity index (χ4v) is 1.09. The van der Waals surface area contributed by atoms with Crippen molar-refractivity contribution in [2.45, 2.75) is 0 Å². The largest absolute Gasteiger partial charge is 0.491 e. The highest BCUT2D eigenvalue weighted by molar-refractivity contribution is 5.58. The molecule has 0 amide bonds. The molecule has 0 aliphatic carbocycles. The van der Waals surface area contributed by atoms with Crippen LogP contribution in [0.15, 0.2) is 12.1 Å². The van der Waals surface area contributed by atoms with Crippen LogP contribution in [0.1, 0.15) is 0 Å². The Hall–Kier alpha value is -1.36. The van der Waals surface area contributed by atoms with Gasteiger partial charge in [0.15, 0.2) is 11.6 Å². The van der Waals surface area contributed by atoms with Crippen molar-refractivity contribution in [1.82, 2.24) is 0 Å². The number of nitrogens with one attached hydrogen (secondary N) is 1. The molecule has 0 aliphatic rings. The first kappa shape index (κ1) is 10.7. The average molecular weight is 202 g/mol. The van der Waals surface area contributed by atoms with Gasteiger partial charge in [0.1, 0.15) is 11.5 Å². The van der Waals surface area contributed by atoms with Gasteiger partial charge in [-0.15, -0.1) is 0 Å². The summed E-state index contributed by atoms with van der Waals surface area (Å²) in [7, 11) is 1.28. The Kier molecular flexibility index (Phi) is 3.64. The van der Waals surface area contributed by atoms with E-state index in [1.165, 1.54) is 7.11 Å². The second-order valence-electron chi connectivity index (χ2n) is 2.65. The Morgan fingerprint density at radius 1 is 1.36 bits per heavy atom. The Morgan fingerprint density at radius 3 is 2.57 bits per heavy atom. The third kappa shape index (κ3) is 2.11. The zero-order valence-electron chi connectivity index (χ0n) is 7.81.